The van der Waals surface area contributed by atoms with E-state index >= 15 is 0 Å². The molecule has 0 saturated carbocycles. The zero-order valence-corrected chi connectivity index (χ0v) is 19.7. The van der Waals surface area contributed by atoms with Gasteiger partial charge in [0.05, 0.1) is 4.90 Å². The number of carbonyl (C=O) groups excluding carboxylic acids is 1. The van der Waals surface area contributed by atoms with Gasteiger partial charge >= 0.3 is 0 Å². The van der Waals surface area contributed by atoms with Crippen LogP contribution in [0.2, 0.25) is 0 Å². The zero-order chi connectivity index (χ0) is 23.8. The highest BCUT2D eigenvalue weighted by Crippen LogP contribution is 2.32. The lowest BCUT2D eigenvalue weighted by atomic mass is 9.94. The van der Waals surface area contributed by atoms with E-state index < -0.39 is 21.9 Å². The van der Waals surface area contributed by atoms with Crippen LogP contribution in [0.4, 0.5) is 10.1 Å². The van der Waals surface area contributed by atoms with Gasteiger partial charge in [0.1, 0.15) is 11.9 Å². The van der Waals surface area contributed by atoms with E-state index in [2.05, 4.69) is 5.32 Å². The topological polar surface area (TPSA) is 66.5 Å². The smallest absolute Gasteiger partial charge is 0.244 e. The van der Waals surface area contributed by atoms with Crippen LogP contribution in [0.5, 0.6) is 0 Å². The number of carbonyl (C=O) groups is 1. The molecule has 3 aromatic carbocycles. The lowest BCUT2D eigenvalue weighted by Crippen LogP contribution is -2.50. The van der Waals surface area contributed by atoms with Crippen LogP contribution in [0.3, 0.4) is 0 Å². The maximum atomic E-state index is 13.6. The second-order valence-corrected chi connectivity index (χ2v) is 10.6. The third-order valence-corrected chi connectivity index (χ3v) is 7.97. The number of anilines is 1. The molecule has 172 valence electrons. The number of nitrogens with zero attached hydrogens (tertiary/aromatic N) is 1. The van der Waals surface area contributed by atoms with Crippen LogP contribution >= 0.6 is 0 Å². The maximum Gasteiger partial charge on any atom is 0.244 e. The molecule has 3 aromatic rings. The Kier molecular flexibility index (Phi) is 6.36. The summed E-state index contributed by atoms with van der Waals surface area (Å²) in [6.45, 7) is 6.09. The molecule has 1 amide bonds. The first kappa shape index (κ1) is 23.1. The number of rotatable bonds is 5. The molecule has 1 atom stereocenters. The largest absolute Gasteiger partial charge is 0.324 e. The predicted molar refractivity (Wildman–Crippen MR) is 127 cm³/mol. The Bertz CT molecular complexity index is 1290. The first-order valence-electron chi connectivity index (χ1n) is 10.9. The number of nitrogens with one attached hydrogen (secondary N) is 1. The molecule has 0 fully saturated rings. The Hall–Kier alpha value is -3.03. The van der Waals surface area contributed by atoms with Crippen LogP contribution in [-0.2, 0) is 27.8 Å². The fraction of sp³-hybridized carbons (Fsp3) is 0.269. The Morgan fingerprint density at radius 1 is 1.00 bits per heavy atom. The first-order chi connectivity index (χ1) is 15.7. The second kappa shape index (κ2) is 9.08. The van der Waals surface area contributed by atoms with Crippen LogP contribution in [-0.4, -0.2) is 24.7 Å². The van der Waals surface area contributed by atoms with Crippen molar-refractivity contribution in [2.45, 2.75) is 50.6 Å². The number of aryl methyl sites for hydroxylation is 1. The number of fused-ring (bicyclic) bond motifs is 1. The molecular formula is C26H27FN2O3S. The van der Waals surface area contributed by atoms with Crippen LogP contribution in [0.15, 0.2) is 71.6 Å². The van der Waals surface area contributed by atoms with Crippen LogP contribution in [0.25, 0.3) is 0 Å². The van der Waals surface area contributed by atoms with Gasteiger partial charge in [0, 0.05) is 12.2 Å². The van der Waals surface area contributed by atoms with Crippen molar-refractivity contribution in [2.24, 2.45) is 0 Å². The highest BCUT2D eigenvalue weighted by atomic mass is 32.2. The van der Waals surface area contributed by atoms with Crippen molar-refractivity contribution in [1.29, 1.82) is 0 Å². The monoisotopic (exact) mass is 466 g/mol. The number of amides is 1. The number of halogens is 1. The minimum absolute atomic E-state index is 0.0418. The summed E-state index contributed by atoms with van der Waals surface area (Å²) in [4.78, 5) is 13.5. The molecule has 7 heteroatoms. The van der Waals surface area contributed by atoms with Crippen molar-refractivity contribution in [1.82, 2.24) is 4.31 Å². The summed E-state index contributed by atoms with van der Waals surface area (Å²) in [6, 6.07) is 17.1. The minimum atomic E-state index is -4.04. The van der Waals surface area contributed by atoms with E-state index in [0.29, 0.717) is 0 Å². The van der Waals surface area contributed by atoms with Crippen molar-refractivity contribution in [3.8, 4) is 0 Å². The van der Waals surface area contributed by atoms with Gasteiger partial charge < -0.3 is 5.32 Å². The summed E-state index contributed by atoms with van der Waals surface area (Å²) < 4.78 is 41.7. The van der Waals surface area contributed by atoms with Gasteiger partial charge in [-0.2, -0.15) is 4.31 Å². The lowest BCUT2D eigenvalue weighted by molar-refractivity contribution is -0.120. The molecular weight excluding hydrogens is 439 g/mol. The van der Waals surface area contributed by atoms with Crippen LogP contribution in [0.1, 0.15) is 42.0 Å². The molecule has 4 rings (SSSR count). The van der Waals surface area contributed by atoms with Gasteiger partial charge in [-0.1, -0.05) is 56.3 Å². The molecule has 33 heavy (non-hydrogen) atoms. The van der Waals surface area contributed by atoms with Gasteiger partial charge in [0.2, 0.25) is 15.9 Å². The van der Waals surface area contributed by atoms with Gasteiger partial charge in [-0.3, -0.25) is 4.79 Å². The van der Waals surface area contributed by atoms with Crippen molar-refractivity contribution < 1.29 is 17.6 Å². The number of para-hydroxylation sites is 1. The van der Waals surface area contributed by atoms with Crippen molar-refractivity contribution >= 4 is 21.6 Å². The molecule has 1 heterocycles. The quantitative estimate of drug-likeness (QED) is 0.575. The van der Waals surface area contributed by atoms with Crippen molar-refractivity contribution in [2.75, 3.05) is 5.32 Å². The van der Waals surface area contributed by atoms with Gasteiger partial charge in [0.25, 0.3) is 0 Å². The zero-order valence-electron chi connectivity index (χ0n) is 18.9. The Labute approximate surface area is 194 Å². The third-order valence-electron chi connectivity index (χ3n) is 6.10. The van der Waals surface area contributed by atoms with Gasteiger partial charge in [-0.15, -0.1) is 0 Å². The molecule has 1 aliphatic heterocycles. The normalized spacial score (nSPS) is 16.5. The van der Waals surface area contributed by atoms with Gasteiger partial charge in [-0.05, 0) is 65.8 Å². The second-order valence-electron chi connectivity index (χ2n) is 8.68. The minimum Gasteiger partial charge on any atom is -0.324 e. The summed E-state index contributed by atoms with van der Waals surface area (Å²) in [5, 5.41) is 3.02. The predicted octanol–water partition coefficient (Wildman–Crippen LogP) is 5.01. The molecule has 0 bridgehead atoms. The number of hydrogen-bond acceptors (Lipinski definition) is 3. The molecule has 0 aromatic heterocycles. The van der Waals surface area contributed by atoms with Gasteiger partial charge in [-0.25, -0.2) is 12.8 Å². The molecule has 1 aliphatic rings. The average Bonchev–Trinajstić information content (AvgIpc) is 2.79. The number of hydrogen-bond donors (Lipinski definition) is 1. The van der Waals surface area contributed by atoms with Crippen molar-refractivity contribution in [3.05, 3.63) is 94.8 Å². The fourth-order valence-corrected chi connectivity index (χ4v) is 5.83. The van der Waals surface area contributed by atoms with E-state index in [-0.39, 0.29) is 29.7 Å². The SMILES string of the molecule is Cc1cccc(C(C)C)c1NC(=O)[C@@H]1Cc2ccccc2CN1S(=O)(=O)c1ccc(F)cc1. The summed E-state index contributed by atoms with van der Waals surface area (Å²) in [5.74, 6) is -0.717. The Balaban J connectivity index is 1.74. The molecule has 0 unspecified atom stereocenters. The fourth-order valence-electron chi connectivity index (χ4n) is 4.27. The van der Waals surface area contributed by atoms with Crippen LogP contribution in [0, 0.1) is 12.7 Å². The number of benzene rings is 3. The van der Waals surface area contributed by atoms with Gasteiger partial charge in [0.15, 0.2) is 0 Å². The molecule has 5 nitrogen and oxygen atoms in total. The summed E-state index contributed by atoms with van der Waals surface area (Å²) in [5.41, 5.74) is 4.42. The van der Waals surface area contributed by atoms with E-state index in [1.54, 1.807) is 0 Å². The van der Waals surface area contributed by atoms with E-state index in [1.165, 1.54) is 16.4 Å². The lowest BCUT2D eigenvalue weighted by Gasteiger charge is -2.35. The summed E-state index contributed by atoms with van der Waals surface area (Å²) in [7, 11) is -4.04. The summed E-state index contributed by atoms with van der Waals surface area (Å²) in [6.07, 6.45) is 0.255. The maximum absolute atomic E-state index is 13.6. The van der Waals surface area contributed by atoms with E-state index in [1.807, 2.05) is 63.2 Å². The summed E-state index contributed by atoms with van der Waals surface area (Å²) >= 11 is 0. The van der Waals surface area contributed by atoms with E-state index in [4.69, 9.17) is 0 Å². The highest BCUT2D eigenvalue weighted by Gasteiger charge is 2.40. The average molecular weight is 467 g/mol. The molecule has 0 radical (unpaired) electrons. The first-order valence-corrected chi connectivity index (χ1v) is 12.4. The molecule has 0 spiro atoms. The van der Waals surface area contributed by atoms with E-state index in [9.17, 15) is 17.6 Å². The Morgan fingerprint density at radius 2 is 1.67 bits per heavy atom. The van der Waals surface area contributed by atoms with E-state index in [0.717, 1.165) is 40.1 Å². The number of sulfonamides is 1. The van der Waals surface area contributed by atoms with Crippen LogP contribution < -0.4 is 5.32 Å². The van der Waals surface area contributed by atoms with Crippen molar-refractivity contribution in [3.63, 3.8) is 0 Å². The Morgan fingerprint density at radius 3 is 2.33 bits per heavy atom. The molecule has 1 N–H and O–H groups in total. The third kappa shape index (κ3) is 4.56. The molecule has 0 saturated heterocycles. The molecule has 0 aliphatic carbocycles. The standard InChI is InChI=1S/C26H27FN2O3S/c1-17(2)23-10-6-7-18(3)25(23)28-26(30)24-15-19-8-4-5-9-20(19)16-29(24)33(31,32)22-13-11-21(27)12-14-22/h4-14,17,24H,15-16H2,1-3H3,(H,28,30)/t24-/m0/s1. The highest BCUT2D eigenvalue weighted by molar-refractivity contribution is 7.89.